The first-order valence-electron chi connectivity index (χ1n) is 10.7. The number of carbonyl (C=O) groups excluding carboxylic acids is 3. The number of anilines is 1. The number of amides is 3. The van der Waals surface area contributed by atoms with E-state index in [0.717, 1.165) is 0 Å². The molecule has 0 atom stereocenters. The van der Waals surface area contributed by atoms with Crippen molar-refractivity contribution in [3.63, 3.8) is 0 Å². The molecule has 0 fully saturated rings. The molecule has 10 heteroatoms. The lowest BCUT2D eigenvalue weighted by Gasteiger charge is -2.18. The Kier molecular flexibility index (Phi) is 9.19. The number of likely N-dealkylation sites (N-methyl/N-ethyl adjacent to an activating group) is 1. The summed E-state index contributed by atoms with van der Waals surface area (Å²) in [4.78, 5) is 39.7. The molecule has 0 radical (unpaired) electrons. The average Bonchev–Trinajstić information content (AvgIpc) is 3.39. The van der Waals surface area contributed by atoms with Gasteiger partial charge in [-0.3, -0.25) is 14.4 Å². The summed E-state index contributed by atoms with van der Waals surface area (Å²) in [6.45, 7) is 0.133. The Hall–Kier alpha value is -3.92. The van der Waals surface area contributed by atoms with Gasteiger partial charge in [0.1, 0.15) is 5.76 Å². The van der Waals surface area contributed by atoms with E-state index in [-0.39, 0.29) is 36.6 Å². The lowest BCUT2D eigenvalue weighted by molar-refractivity contribution is -0.121. The maximum Gasteiger partial charge on any atom is 0.255 e. The fraction of sp³-hybridized carbons (Fsp3) is 0.240. The van der Waals surface area contributed by atoms with Crippen molar-refractivity contribution in [3.05, 3.63) is 72.2 Å². The monoisotopic (exact) mass is 497 g/mol. The number of hydrogen-bond acceptors (Lipinski definition) is 7. The molecule has 2 N–H and O–H groups in total. The third kappa shape index (κ3) is 7.28. The second kappa shape index (κ2) is 12.5. The van der Waals surface area contributed by atoms with E-state index in [0.29, 0.717) is 33.4 Å². The van der Waals surface area contributed by atoms with Crippen LogP contribution in [0.15, 0.2) is 70.2 Å². The zero-order chi connectivity index (χ0) is 25.2. The Morgan fingerprint density at radius 3 is 2.46 bits per heavy atom. The van der Waals surface area contributed by atoms with Crippen LogP contribution in [-0.2, 0) is 16.1 Å². The highest BCUT2D eigenvalue weighted by Gasteiger charge is 2.19. The van der Waals surface area contributed by atoms with E-state index >= 15 is 0 Å². The van der Waals surface area contributed by atoms with Crippen LogP contribution in [0, 0.1) is 0 Å². The van der Waals surface area contributed by atoms with Crippen LogP contribution < -0.4 is 20.1 Å². The zero-order valence-electron chi connectivity index (χ0n) is 19.7. The minimum atomic E-state index is -0.318. The molecule has 9 nitrogen and oxygen atoms in total. The van der Waals surface area contributed by atoms with Gasteiger partial charge in [0.25, 0.3) is 5.91 Å². The second-order valence-electron chi connectivity index (χ2n) is 7.42. The number of methoxy groups -OCH3 is 2. The lowest BCUT2D eigenvalue weighted by Crippen LogP contribution is -2.38. The maximum absolute atomic E-state index is 13.0. The minimum Gasteiger partial charge on any atom is -0.493 e. The van der Waals surface area contributed by atoms with Crippen molar-refractivity contribution >= 4 is 35.2 Å². The van der Waals surface area contributed by atoms with Crippen molar-refractivity contribution in [2.24, 2.45) is 0 Å². The standard InChI is InChI=1S/C25H27N3O6S/c1-28(15-23(29)26-14-18-7-6-12-34-18)25(31)19-8-4-5-9-22(19)35-16-24(30)27-17-10-11-20(32-2)21(13-17)33-3/h4-13H,14-16H2,1-3H3,(H,26,29)(H,27,30). The summed E-state index contributed by atoms with van der Waals surface area (Å²) in [6.07, 6.45) is 1.53. The Morgan fingerprint density at radius 2 is 1.74 bits per heavy atom. The first-order valence-corrected chi connectivity index (χ1v) is 11.7. The average molecular weight is 498 g/mol. The number of rotatable bonds is 11. The summed E-state index contributed by atoms with van der Waals surface area (Å²) in [5, 5.41) is 5.52. The Balaban J connectivity index is 1.56. The fourth-order valence-corrected chi connectivity index (χ4v) is 4.02. The van der Waals surface area contributed by atoms with Crippen LogP contribution in [0.5, 0.6) is 11.5 Å². The molecule has 3 aromatic rings. The third-order valence-corrected chi connectivity index (χ3v) is 5.98. The predicted octanol–water partition coefficient (Wildman–Crippen LogP) is 3.42. The van der Waals surface area contributed by atoms with E-state index in [2.05, 4.69) is 10.6 Å². The number of thioether (sulfide) groups is 1. The minimum absolute atomic E-state index is 0.0893. The molecule has 184 valence electrons. The molecule has 35 heavy (non-hydrogen) atoms. The van der Waals surface area contributed by atoms with Gasteiger partial charge in [-0.1, -0.05) is 12.1 Å². The van der Waals surface area contributed by atoms with Gasteiger partial charge in [-0.25, -0.2) is 0 Å². The SMILES string of the molecule is COc1ccc(NC(=O)CSc2ccccc2C(=O)N(C)CC(=O)NCc2ccco2)cc1OC. The number of hydrogen-bond donors (Lipinski definition) is 2. The number of ether oxygens (including phenoxy) is 2. The van der Waals surface area contributed by atoms with E-state index in [9.17, 15) is 14.4 Å². The molecule has 0 unspecified atom stereocenters. The van der Waals surface area contributed by atoms with Crippen LogP contribution in [0.1, 0.15) is 16.1 Å². The van der Waals surface area contributed by atoms with Crippen LogP contribution in [0.25, 0.3) is 0 Å². The van der Waals surface area contributed by atoms with Gasteiger partial charge in [-0.05, 0) is 36.4 Å². The van der Waals surface area contributed by atoms with Gasteiger partial charge in [-0.15, -0.1) is 11.8 Å². The Labute approximate surface area is 207 Å². The number of nitrogens with zero attached hydrogens (tertiary/aromatic N) is 1. The number of furan rings is 1. The molecule has 3 rings (SSSR count). The van der Waals surface area contributed by atoms with Crippen LogP contribution >= 0.6 is 11.8 Å². The quantitative estimate of drug-likeness (QED) is 0.391. The van der Waals surface area contributed by atoms with E-state index in [1.807, 2.05) is 0 Å². The van der Waals surface area contributed by atoms with Gasteiger partial charge in [0.15, 0.2) is 11.5 Å². The number of benzene rings is 2. The maximum atomic E-state index is 13.0. The van der Waals surface area contributed by atoms with Crippen LogP contribution in [-0.4, -0.2) is 56.2 Å². The van der Waals surface area contributed by atoms with Gasteiger partial charge >= 0.3 is 0 Å². The van der Waals surface area contributed by atoms with E-state index < -0.39 is 0 Å². The van der Waals surface area contributed by atoms with Crippen molar-refractivity contribution in [1.82, 2.24) is 10.2 Å². The summed E-state index contributed by atoms with van der Waals surface area (Å²) < 4.78 is 15.6. The predicted molar refractivity (Wildman–Crippen MR) is 133 cm³/mol. The highest BCUT2D eigenvalue weighted by molar-refractivity contribution is 8.00. The fourth-order valence-electron chi connectivity index (χ4n) is 3.17. The first-order chi connectivity index (χ1) is 16.9. The topological polar surface area (TPSA) is 110 Å². The van der Waals surface area contributed by atoms with E-state index in [1.165, 1.54) is 37.1 Å². The summed E-state index contributed by atoms with van der Waals surface area (Å²) in [7, 11) is 4.61. The molecule has 0 bridgehead atoms. The molecule has 0 aliphatic heterocycles. The van der Waals surface area contributed by atoms with Crippen LogP contribution in [0.3, 0.4) is 0 Å². The molecule has 3 amide bonds. The second-order valence-corrected chi connectivity index (χ2v) is 8.44. The number of carbonyl (C=O) groups is 3. The Bertz CT molecular complexity index is 1170. The summed E-state index contributed by atoms with van der Waals surface area (Å²) in [5.74, 6) is 0.913. The molecule has 0 saturated heterocycles. The molecule has 0 aliphatic carbocycles. The highest BCUT2D eigenvalue weighted by Crippen LogP contribution is 2.30. The molecule has 0 aliphatic rings. The van der Waals surface area contributed by atoms with Gasteiger partial charge in [0, 0.05) is 23.7 Å². The van der Waals surface area contributed by atoms with Crippen molar-refractivity contribution in [2.45, 2.75) is 11.4 Å². The van der Waals surface area contributed by atoms with Crippen molar-refractivity contribution < 1.29 is 28.3 Å². The molecule has 0 spiro atoms. The summed E-state index contributed by atoms with van der Waals surface area (Å²) >= 11 is 1.24. The van der Waals surface area contributed by atoms with Crippen LogP contribution in [0.4, 0.5) is 5.69 Å². The Morgan fingerprint density at radius 1 is 0.971 bits per heavy atom. The molecule has 1 aromatic heterocycles. The van der Waals surface area contributed by atoms with Gasteiger partial charge < -0.3 is 29.4 Å². The summed E-state index contributed by atoms with van der Waals surface area (Å²) in [5.41, 5.74) is 0.982. The van der Waals surface area contributed by atoms with Gasteiger partial charge in [0.05, 0.1) is 44.9 Å². The molecule has 2 aromatic carbocycles. The first kappa shape index (κ1) is 25.7. The van der Waals surface area contributed by atoms with Gasteiger partial charge in [-0.2, -0.15) is 0 Å². The number of nitrogens with one attached hydrogen (secondary N) is 2. The zero-order valence-corrected chi connectivity index (χ0v) is 20.5. The van der Waals surface area contributed by atoms with Gasteiger partial charge in [0.2, 0.25) is 11.8 Å². The highest BCUT2D eigenvalue weighted by atomic mass is 32.2. The molecular weight excluding hydrogens is 470 g/mol. The smallest absolute Gasteiger partial charge is 0.255 e. The lowest BCUT2D eigenvalue weighted by atomic mass is 10.2. The molecule has 1 heterocycles. The van der Waals surface area contributed by atoms with Crippen molar-refractivity contribution in [1.29, 1.82) is 0 Å². The molecular formula is C25H27N3O6S. The third-order valence-electron chi connectivity index (χ3n) is 4.91. The van der Waals surface area contributed by atoms with E-state index in [1.54, 1.807) is 61.6 Å². The van der Waals surface area contributed by atoms with E-state index in [4.69, 9.17) is 13.9 Å². The summed E-state index contributed by atoms with van der Waals surface area (Å²) in [6, 6.07) is 15.6. The normalized spacial score (nSPS) is 10.4. The largest absolute Gasteiger partial charge is 0.493 e. The van der Waals surface area contributed by atoms with Crippen LogP contribution in [0.2, 0.25) is 0 Å². The van der Waals surface area contributed by atoms with Crippen molar-refractivity contribution in [3.8, 4) is 11.5 Å². The molecule has 0 saturated carbocycles. The van der Waals surface area contributed by atoms with Crippen molar-refractivity contribution in [2.75, 3.05) is 38.9 Å².